The highest BCUT2D eigenvalue weighted by molar-refractivity contribution is 7.22. The van der Waals surface area contributed by atoms with Crippen molar-refractivity contribution in [3.05, 3.63) is 40.6 Å². The standard InChI is InChI=1S/C18H19N3O2S2/c1-23-13-4-5-16-15(9-13)20-18(25-16)21-10-12(11-21)17(22)19-7-6-14-3-2-8-24-14/h2-5,8-9,12H,6-7,10-11H2,1H3,(H,19,22). The number of anilines is 1. The summed E-state index contributed by atoms with van der Waals surface area (Å²) in [6, 6.07) is 10.1. The first-order valence-corrected chi connectivity index (χ1v) is 9.92. The summed E-state index contributed by atoms with van der Waals surface area (Å²) in [4.78, 5) is 20.4. The van der Waals surface area contributed by atoms with Crippen molar-refractivity contribution in [3.63, 3.8) is 0 Å². The second-order valence-electron chi connectivity index (χ2n) is 6.05. The van der Waals surface area contributed by atoms with E-state index in [4.69, 9.17) is 4.74 Å². The molecule has 1 aliphatic heterocycles. The topological polar surface area (TPSA) is 54.5 Å². The summed E-state index contributed by atoms with van der Waals surface area (Å²) in [5, 5.41) is 6.09. The Balaban J connectivity index is 1.30. The lowest BCUT2D eigenvalue weighted by Crippen LogP contribution is -2.54. The maximum Gasteiger partial charge on any atom is 0.226 e. The molecule has 1 aliphatic rings. The fourth-order valence-electron chi connectivity index (χ4n) is 2.87. The lowest BCUT2D eigenvalue weighted by atomic mass is 10.00. The number of thiophene rings is 1. The third-order valence-corrected chi connectivity index (χ3v) is 6.39. The smallest absolute Gasteiger partial charge is 0.226 e. The Morgan fingerprint density at radius 2 is 2.28 bits per heavy atom. The van der Waals surface area contributed by atoms with Crippen LogP contribution in [0.3, 0.4) is 0 Å². The molecular weight excluding hydrogens is 354 g/mol. The number of carbonyl (C=O) groups excluding carboxylic acids is 1. The van der Waals surface area contributed by atoms with Crippen LogP contribution in [-0.4, -0.2) is 37.6 Å². The second kappa shape index (κ2) is 7.01. The molecule has 1 amide bonds. The van der Waals surface area contributed by atoms with Crippen LogP contribution < -0.4 is 15.0 Å². The highest BCUT2D eigenvalue weighted by atomic mass is 32.1. The average molecular weight is 374 g/mol. The van der Waals surface area contributed by atoms with Gasteiger partial charge in [-0.3, -0.25) is 4.79 Å². The van der Waals surface area contributed by atoms with Crippen LogP contribution in [0.5, 0.6) is 5.75 Å². The molecule has 2 aromatic heterocycles. The van der Waals surface area contributed by atoms with Crippen LogP contribution in [0.1, 0.15) is 4.88 Å². The quantitative estimate of drug-likeness (QED) is 0.721. The van der Waals surface area contributed by atoms with Gasteiger partial charge in [0.15, 0.2) is 5.13 Å². The molecule has 0 unspecified atom stereocenters. The molecule has 25 heavy (non-hydrogen) atoms. The number of ether oxygens (including phenoxy) is 1. The van der Waals surface area contributed by atoms with Crippen molar-refractivity contribution in [1.29, 1.82) is 0 Å². The van der Waals surface area contributed by atoms with Crippen molar-refractivity contribution in [3.8, 4) is 5.75 Å². The first-order valence-electron chi connectivity index (χ1n) is 8.22. The molecule has 1 saturated heterocycles. The van der Waals surface area contributed by atoms with Crippen molar-refractivity contribution in [1.82, 2.24) is 10.3 Å². The minimum Gasteiger partial charge on any atom is -0.497 e. The number of nitrogens with zero attached hydrogens (tertiary/aromatic N) is 2. The number of amides is 1. The third-order valence-electron chi connectivity index (χ3n) is 4.36. The Hall–Kier alpha value is -2.12. The number of nitrogens with one attached hydrogen (secondary N) is 1. The minimum atomic E-state index is 0.0601. The van der Waals surface area contributed by atoms with E-state index >= 15 is 0 Å². The lowest BCUT2D eigenvalue weighted by Gasteiger charge is -2.37. The summed E-state index contributed by atoms with van der Waals surface area (Å²) >= 11 is 3.39. The van der Waals surface area contributed by atoms with Crippen LogP contribution >= 0.6 is 22.7 Å². The van der Waals surface area contributed by atoms with Gasteiger partial charge in [0.05, 0.1) is 23.2 Å². The third kappa shape index (κ3) is 3.48. The maximum atomic E-state index is 12.2. The molecular formula is C18H19N3O2S2. The molecule has 1 aromatic carbocycles. The summed E-state index contributed by atoms with van der Waals surface area (Å²) in [6.07, 6.45) is 0.902. The number of methoxy groups -OCH3 is 1. The molecule has 130 valence electrons. The van der Waals surface area contributed by atoms with E-state index in [0.717, 1.165) is 40.6 Å². The van der Waals surface area contributed by atoms with Gasteiger partial charge in [-0.2, -0.15) is 0 Å². The number of thiazole rings is 1. The Kier molecular flexibility index (Phi) is 4.59. The molecule has 0 atom stereocenters. The zero-order valence-corrected chi connectivity index (χ0v) is 15.5. The number of benzene rings is 1. The highest BCUT2D eigenvalue weighted by Gasteiger charge is 2.34. The van der Waals surface area contributed by atoms with E-state index in [1.165, 1.54) is 4.88 Å². The van der Waals surface area contributed by atoms with Crippen molar-refractivity contribution in [2.24, 2.45) is 5.92 Å². The van der Waals surface area contributed by atoms with E-state index in [2.05, 4.69) is 26.6 Å². The Morgan fingerprint density at radius 3 is 3.04 bits per heavy atom. The maximum absolute atomic E-state index is 12.2. The number of rotatable bonds is 6. The summed E-state index contributed by atoms with van der Waals surface area (Å²) in [5.41, 5.74) is 0.947. The van der Waals surface area contributed by atoms with Gasteiger partial charge in [0.25, 0.3) is 0 Å². The average Bonchev–Trinajstić information content (AvgIpc) is 3.21. The van der Waals surface area contributed by atoms with Gasteiger partial charge in [-0.15, -0.1) is 11.3 Å². The monoisotopic (exact) mass is 373 g/mol. The van der Waals surface area contributed by atoms with E-state index in [1.807, 2.05) is 24.3 Å². The van der Waals surface area contributed by atoms with Gasteiger partial charge >= 0.3 is 0 Å². The summed E-state index contributed by atoms with van der Waals surface area (Å²) in [5.74, 6) is 1.02. The van der Waals surface area contributed by atoms with Crippen LogP contribution in [0.15, 0.2) is 35.7 Å². The Labute approximate surface area is 154 Å². The van der Waals surface area contributed by atoms with Gasteiger partial charge in [0, 0.05) is 30.6 Å². The summed E-state index contributed by atoms with van der Waals surface area (Å²) < 4.78 is 6.38. The molecule has 0 saturated carbocycles. The van der Waals surface area contributed by atoms with E-state index in [0.29, 0.717) is 6.54 Å². The number of fused-ring (bicyclic) bond motifs is 1. The van der Waals surface area contributed by atoms with E-state index in [9.17, 15) is 4.79 Å². The molecule has 1 fully saturated rings. The van der Waals surface area contributed by atoms with E-state index in [-0.39, 0.29) is 11.8 Å². The Bertz CT molecular complexity index is 870. The van der Waals surface area contributed by atoms with Crippen LogP contribution in [0.2, 0.25) is 0 Å². The van der Waals surface area contributed by atoms with Gasteiger partial charge in [-0.25, -0.2) is 4.98 Å². The Morgan fingerprint density at radius 1 is 1.40 bits per heavy atom. The number of hydrogen-bond donors (Lipinski definition) is 1. The molecule has 5 nitrogen and oxygen atoms in total. The number of hydrogen-bond acceptors (Lipinski definition) is 6. The second-order valence-corrected chi connectivity index (χ2v) is 8.09. The molecule has 0 spiro atoms. The predicted molar refractivity (Wildman–Crippen MR) is 103 cm³/mol. The van der Waals surface area contributed by atoms with E-state index < -0.39 is 0 Å². The van der Waals surface area contributed by atoms with Crippen molar-refractivity contribution in [2.75, 3.05) is 31.6 Å². The zero-order valence-electron chi connectivity index (χ0n) is 13.9. The highest BCUT2D eigenvalue weighted by Crippen LogP contribution is 2.34. The van der Waals surface area contributed by atoms with Crippen LogP contribution in [-0.2, 0) is 11.2 Å². The molecule has 3 heterocycles. The molecule has 0 bridgehead atoms. The van der Waals surface area contributed by atoms with Crippen molar-refractivity contribution >= 4 is 43.9 Å². The summed E-state index contributed by atoms with van der Waals surface area (Å²) in [7, 11) is 1.66. The molecule has 4 rings (SSSR count). The minimum absolute atomic E-state index is 0.0601. The predicted octanol–water partition coefficient (Wildman–Crippen LogP) is 3.16. The molecule has 0 radical (unpaired) electrons. The SMILES string of the molecule is COc1ccc2sc(N3CC(C(=O)NCCc4cccs4)C3)nc2c1. The first-order chi connectivity index (χ1) is 12.2. The van der Waals surface area contributed by atoms with Gasteiger partial charge in [-0.1, -0.05) is 17.4 Å². The molecule has 3 aromatic rings. The fourth-order valence-corrected chi connectivity index (χ4v) is 4.54. The van der Waals surface area contributed by atoms with Gasteiger partial charge in [-0.05, 0) is 30.0 Å². The van der Waals surface area contributed by atoms with Crippen LogP contribution in [0.4, 0.5) is 5.13 Å². The molecule has 0 aliphatic carbocycles. The summed E-state index contributed by atoms with van der Waals surface area (Å²) in [6.45, 7) is 2.18. The lowest BCUT2D eigenvalue weighted by molar-refractivity contribution is -0.125. The normalized spacial score (nSPS) is 14.5. The van der Waals surface area contributed by atoms with Crippen LogP contribution in [0.25, 0.3) is 10.2 Å². The number of aromatic nitrogens is 1. The zero-order chi connectivity index (χ0) is 17.2. The van der Waals surface area contributed by atoms with Crippen LogP contribution in [0, 0.1) is 5.92 Å². The molecule has 1 N–H and O–H groups in total. The molecule has 7 heteroatoms. The van der Waals surface area contributed by atoms with Crippen molar-refractivity contribution < 1.29 is 9.53 Å². The van der Waals surface area contributed by atoms with Gasteiger partial charge < -0.3 is 15.0 Å². The van der Waals surface area contributed by atoms with Crippen molar-refractivity contribution in [2.45, 2.75) is 6.42 Å². The first kappa shape index (κ1) is 16.4. The van der Waals surface area contributed by atoms with Gasteiger partial charge in [0.2, 0.25) is 5.91 Å². The fraction of sp³-hybridized carbons (Fsp3) is 0.333. The largest absolute Gasteiger partial charge is 0.497 e. The van der Waals surface area contributed by atoms with Gasteiger partial charge in [0.1, 0.15) is 5.75 Å². The number of carbonyl (C=O) groups is 1. The van der Waals surface area contributed by atoms with E-state index in [1.54, 1.807) is 29.8 Å².